The van der Waals surface area contributed by atoms with Crippen LogP contribution in [0.1, 0.15) is 24.0 Å². The number of hydrogen-bond acceptors (Lipinski definition) is 1. The fraction of sp³-hybridized carbons (Fsp3) is 0.250. The Morgan fingerprint density at radius 3 is 3.11 bits per heavy atom. The molecule has 9 heavy (non-hydrogen) atoms. The minimum absolute atomic E-state index is 0.659. The Balaban J connectivity index is 2.60. The van der Waals surface area contributed by atoms with E-state index in [0.717, 1.165) is 0 Å². The van der Waals surface area contributed by atoms with Crippen LogP contribution in [0.2, 0.25) is 0 Å². The topological polar surface area (TPSA) is 0 Å². The average Bonchev–Trinajstić information content (AvgIpc) is 2.35. The van der Waals surface area contributed by atoms with Gasteiger partial charge in [-0.15, -0.1) is 0 Å². The molecule has 0 nitrogen and oxygen atoms in total. The van der Waals surface area contributed by atoms with Crippen LogP contribution in [-0.4, -0.2) is 0 Å². The third-order valence-electron chi connectivity index (χ3n) is 1.78. The van der Waals surface area contributed by atoms with Crippen LogP contribution in [0, 0.1) is 0 Å². The Morgan fingerprint density at radius 2 is 2.33 bits per heavy atom. The molecule has 1 unspecified atom stereocenters. The fourth-order valence-electron chi connectivity index (χ4n) is 1.17. The van der Waals surface area contributed by atoms with Crippen molar-refractivity contribution in [2.45, 2.75) is 12.8 Å². The zero-order chi connectivity index (χ0) is 6.27. The molecule has 0 amide bonds. The van der Waals surface area contributed by atoms with Gasteiger partial charge in [0.05, 0.1) is 0 Å². The van der Waals surface area contributed by atoms with E-state index in [2.05, 4.69) is 29.8 Å². The van der Waals surface area contributed by atoms with Gasteiger partial charge in [0.1, 0.15) is 0 Å². The zero-order valence-corrected chi connectivity index (χ0v) is 6.11. The van der Waals surface area contributed by atoms with Gasteiger partial charge in [-0.3, -0.25) is 0 Å². The summed E-state index contributed by atoms with van der Waals surface area (Å²) in [5.74, 6) is 0.659. The summed E-state index contributed by atoms with van der Waals surface area (Å²) in [5.41, 5.74) is 2.92. The lowest BCUT2D eigenvalue weighted by molar-refractivity contribution is 0.998. The summed E-state index contributed by atoms with van der Waals surface area (Å²) in [5, 5.41) is 4.44. The minimum Gasteiger partial charge on any atom is -0.151 e. The molecular weight excluding hydrogens is 128 g/mol. The van der Waals surface area contributed by atoms with E-state index in [9.17, 15) is 0 Å². The average molecular weight is 136 g/mol. The molecule has 1 heterocycles. The molecule has 1 aromatic heterocycles. The van der Waals surface area contributed by atoms with E-state index in [0.29, 0.717) is 5.92 Å². The van der Waals surface area contributed by atoms with Gasteiger partial charge < -0.3 is 0 Å². The van der Waals surface area contributed by atoms with Gasteiger partial charge in [-0.05, 0) is 21.9 Å². The van der Waals surface area contributed by atoms with Gasteiger partial charge in [0, 0.05) is 5.92 Å². The predicted molar refractivity (Wildman–Crippen MR) is 41.8 cm³/mol. The van der Waals surface area contributed by atoms with Crippen LogP contribution < -0.4 is 0 Å². The van der Waals surface area contributed by atoms with Crippen molar-refractivity contribution >= 4 is 17.4 Å². The van der Waals surface area contributed by atoms with Crippen molar-refractivity contribution in [3.8, 4) is 0 Å². The van der Waals surface area contributed by atoms with E-state index in [1.165, 1.54) is 11.1 Å². The lowest BCUT2D eigenvalue weighted by atomic mass is 10.1. The maximum Gasteiger partial charge on any atom is 0.000708 e. The molecule has 0 bridgehead atoms. The van der Waals surface area contributed by atoms with Gasteiger partial charge in [-0.2, -0.15) is 11.3 Å². The van der Waals surface area contributed by atoms with Crippen LogP contribution >= 0.6 is 11.3 Å². The first-order valence-corrected chi connectivity index (χ1v) is 4.06. The summed E-state index contributed by atoms with van der Waals surface area (Å²) in [6, 6.07) is 0. The number of fused-ring (bicyclic) bond motifs is 1. The molecular formula is C8H8S. The number of hydrogen-bond donors (Lipinski definition) is 0. The Bertz CT molecular complexity index is 245. The SMILES string of the molecule is CC1C=Cc2cscc21. The Morgan fingerprint density at radius 1 is 1.44 bits per heavy atom. The summed E-state index contributed by atoms with van der Waals surface area (Å²) < 4.78 is 0. The molecule has 0 saturated heterocycles. The van der Waals surface area contributed by atoms with Gasteiger partial charge in [-0.25, -0.2) is 0 Å². The first-order valence-electron chi connectivity index (χ1n) is 3.12. The number of thiophene rings is 1. The lowest BCUT2D eigenvalue weighted by Crippen LogP contribution is -1.79. The molecule has 1 heteroatoms. The molecule has 0 aliphatic heterocycles. The van der Waals surface area contributed by atoms with E-state index in [1.807, 2.05) is 0 Å². The van der Waals surface area contributed by atoms with Gasteiger partial charge in [0.2, 0.25) is 0 Å². The highest BCUT2D eigenvalue weighted by molar-refractivity contribution is 7.08. The van der Waals surface area contributed by atoms with Crippen molar-refractivity contribution in [3.05, 3.63) is 28.0 Å². The zero-order valence-electron chi connectivity index (χ0n) is 5.29. The number of rotatable bonds is 0. The molecule has 1 atom stereocenters. The van der Waals surface area contributed by atoms with Crippen LogP contribution in [-0.2, 0) is 0 Å². The molecule has 0 aromatic carbocycles. The monoisotopic (exact) mass is 136 g/mol. The van der Waals surface area contributed by atoms with Crippen molar-refractivity contribution in [3.63, 3.8) is 0 Å². The molecule has 1 aliphatic carbocycles. The molecule has 2 rings (SSSR count). The van der Waals surface area contributed by atoms with Crippen LogP contribution in [0.5, 0.6) is 0 Å². The summed E-state index contributed by atoms with van der Waals surface area (Å²) in [7, 11) is 0. The summed E-state index contributed by atoms with van der Waals surface area (Å²) >= 11 is 1.79. The summed E-state index contributed by atoms with van der Waals surface area (Å²) in [4.78, 5) is 0. The van der Waals surface area contributed by atoms with Gasteiger partial charge >= 0.3 is 0 Å². The van der Waals surface area contributed by atoms with Crippen molar-refractivity contribution < 1.29 is 0 Å². The first-order chi connectivity index (χ1) is 4.38. The normalized spacial score (nSPS) is 22.6. The second-order valence-electron chi connectivity index (χ2n) is 2.43. The fourth-order valence-corrected chi connectivity index (χ4v) is 2.10. The molecule has 0 fully saturated rings. The molecule has 0 N–H and O–H groups in total. The molecule has 46 valence electrons. The molecule has 1 aliphatic rings. The largest absolute Gasteiger partial charge is 0.151 e. The first kappa shape index (κ1) is 5.24. The Kier molecular flexibility index (Phi) is 0.995. The van der Waals surface area contributed by atoms with E-state index >= 15 is 0 Å². The van der Waals surface area contributed by atoms with Crippen LogP contribution in [0.15, 0.2) is 16.8 Å². The third-order valence-corrected chi connectivity index (χ3v) is 2.56. The maximum atomic E-state index is 2.25. The molecule has 0 saturated carbocycles. The second-order valence-corrected chi connectivity index (χ2v) is 3.17. The van der Waals surface area contributed by atoms with Crippen LogP contribution in [0.25, 0.3) is 6.08 Å². The van der Waals surface area contributed by atoms with E-state index in [-0.39, 0.29) is 0 Å². The highest BCUT2D eigenvalue weighted by atomic mass is 32.1. The standard InChI is InChI=1S/C8H8S/c1-6-2-3-7-4-9-5-8(6)7/h2-6H,1H3. The van der Waals surface area contributed by atoms with Crippen molar-refractivity contribution in [2.75, 3.05) is 0 Å². The van der Waals surface area contributed by atoms with E-state index in [4.69, 9.17) is 0 Å². The second kappa shape index (κ2) is 1.71. The van der Waals surface area contributed by atoms with Crippen LogP contribution in [0.4, 0.5) is 0 Å². The summed E-state index contributed by atoms with van der Waals surface area (Å²) in [6.07, 6.45) is 4.45. The Hall–Kier alpha value is -0.560. The lowest BCUT2D eigenvalue weighted by Gasteiger charge is -1.95. The van der Waals surface area contributed by atoms with Crippen LogP contribution in [0.3, 0.4) is 0 Å². The number of allylic oxidation sites excluding steroid dienone is 1. The highest BCUT2D eigenvalue weighted by Crippen LogP contribution is 2.31. The predicted octanol–water partition coefficient (Wildman–Crippen LogP) is 2.88. The Labute approximate surface area is 58.8 Å². The smallest absolute Gasteiger partial charge is 0.000708 e. The van der Waals surface area contributed by atoms with Crippen molar-refractivity contribution in [2.24, 2.45) is 0 Å². The van der Waals surface area contributed by atoms with Crippen molar-refractivity contribution in [1.29, 1.82) is 0 Å². The molecule has 0 spiro atoms. The van der Waals surface area contributed by atoms with E-state index < -0.39 is 0 Å². The molecule has 1 aromatic rings. The minimum atomic E-state index is 0.659. The van der Waals surface area contributed by atoms with Gasteiger partial charge in [0.15, 0.2) is 0 Å². The van der Waals surface area contributed by atoms with Crippen molar-refractivity contribution in [1.82, 2.24) is 0 Å². The quantitative estimate of drug-likeness (QED) is 0.514. The molecule has 0 radical (unpaired) electrons. The summed E-state index contributed by atoms with van der Waals surface area (Å²) in [6.45, 7) is 2.23. The highest BCUT2D eigenvalue weighted by Gasteiger charge is 2.11. The van der Waals surface area contributed by atoms with Gasteiger partial charge in [-0.1, -0.05) is 19.1 Å². The van der Waals surface area contributed by atoms with Gasteiger partial charge in [0.25, 0.3) is 0 Å². The third kappa shape index (κ3) is 0.648. The maximum absolute atomic E-state index is 2.25. The van der Waals surface area contributed by atoms with E-state index in [1.54, 1.807) is 11.3 Å².